The van der Waals surface area contributed by atoms with Gasteiger partial charge in [0.1, 0.15) is 0 Å². The summed E-state index contributed by atoms with van der Waals surface area (Å²) in [5.41, 5.74) is 0. The molecule has 0 aromatic rings. The molecule has 0 aliphatic heterocycles. The first-order valence-corrected chi connectivity index (χ1v) is 2.82. The van der Waals surface area contributed by atoms with Crippen LogP contribution >= 0.6 is 0 Å². The minimum atomic E-state index is -0.125. The summed E-state index contributed by atoms with van der Waals surface area (Å²) >= 11 is 0. The zero-order valence-corrected chi connectivity index (χ0v) is 4.17. The molecule has 0 heterocycles. The predicted octanol–water partition coefficient (Wildman–Crippen LogP) is 1.97. The van der Waals surface area contributed by atoms with E-state index in [9.17, 15) is 0 Å². The molecule has 0 amide bonds. The SMILES string of the molecule is [2H][C@@H]1C2C=CC(C2)[C@@H]1[2H]. The van der Waals surface area contributed by atoms with Gasteiger partial charge in [0.15, 0.2) is 0 Å². The van der Waals surface area contributed by atoms with Crippen molar-refractivity contribution < 1.29 is 2.74 Å². The molecule has 2 bridgehead atoms. The van der Waals surface area contributed by atoms with Gasteiger partial charge in [0.2, 0.25) is 0 Å². The zero-order chi connectivity index (χ0) is 6.43. The molecule has 0 nitrogen and oxygen atoms in total. The molecule has 0 heteroatoms. The van der Waals surface area contributed by atoms with Crippen molar-refractivity contribution in [3.05, 3.63) is 12.2 Å². The Balaban J connectivity index is 2.26. The number of rotatable bonds is 0. The molecule has 2 aliphatic rings. The van der Waals surface area contributed by atoms with Crippen LogP contribution in [0, 0.1) is 11.8 Å². The first kappa shape index (κ1) is 2.34. The lowest BCUT2D eigenvalue weighted by Crippen LogP contribution is -1.82. The second-order valence-corrected chi connectivity index (χ2v) is 2.33. The fourth-order valence-electron chi connectivity index (χ4n) is 1.33. The third-order valence-corrected chi connectivity index (χ3v) is 1.76. The molecule has 0 aromatic heterocycles. The number of fused-ring (bicyclic) bond motifs is 2. The molecule has 4 atom stereocenters. The van der Waals surface area contributed by atoms with Crippen molar-refractivity contribution in [3.63, 3.8) is 0 Å². The lowest BCUT2D eigenvalue weighted by atomic mass is 10.1. The van der Waals surface area contributed by atoms with Gasteiger partial charge < -0.3 is 0 Å². The number of hydrogen-bond donors (Lipinski definition) is 0. The van der Waals surface area contributed by atoms with Crippen LogP contribution in [0.15, 0.2) is 12.2 Å². The van der Waals surface area contributed by atoms with Crippen molar-refractivity contribution in [1.82, 2.24) is 0 Å². The minimum absolute atomic E-state index is 0.125. The van der Waals surface area contributed by atoms with Crippen LogP contribution in [0.3, 0.4) is 0 Å². The van der Waals surface area contributed by atoms with Crippen molar-refractivity contribution in [2.75, 3.05) is 0 Å². The van der Waals surface area contributed by atoms with Gasteiger partial charge in [-0.05, 0) is 31.1 Å². The molecule has 38 valence electrons. The first-order chi connectivity index (χ1) is 4.29. The van der Waals surface area contributed by atoms with Gasteiger partial charge in [-0.2, -0.15) is 0 Å². The molecule has 2 rings (SSSR count). The van der Waals surface area contributed by atoms with E-state index >= 15 is 0 Å². The molecule has 0 radical (unpaired) electrons. The molecular formula is C7H10. The highest BCUT2D eigenvalue weighted by molar-refractivity contribution is 5.06. The minimum Gasteiger partial charge on any atom is -0.0851 e. The van der Waals surface area contributed by atoms with E-state index in [1.807, 2.05) is 0 Å². The van der Waals surface area contributed by atoms with E-state index in [1.54, 1.807) is 0 Å². The van der Waals surface area contributed by atoms with Crippen LogP contribution in [0.2, 0.25) is 0 Å². The summed E-state index contributed by atoms with van der Waals surface area (Å²) in [6, 6.07) is 0. The molecule has 2 unspecified atom stereocenters. The molecule has 0 N–H and O–H groups in total. The Kier molecular flexibility index (Phi) is 0.374. The van der Waals surface area contributed by atoms with Crippen LogP contribution in [0.5, 0.6) is 0 Å². The summed E-state index contributed by atoms with van der Waals surface area (Å²) in [5.74, 6) is 0.829. The van der Waals surface area contributed by atoms with E-state index in [0.717, 1.165) is 6.42 Å². The summed E-state index contributed by atoms with van der Waals surface area (Å²) < 4.78 is 15.0. The maximum absolute atomic E-state index is 7.49. The van der Waals surface area contributed by atoms with E-state index < -0.39 is 0 Å². The molecule has 0 spiro atoms. The molecule has 7 heavy (non-hydrogen) atoms. The highest BCUT2D eigenvalue weighted by atomic mass is 14.3. The quantitative estimate of drug-likeness (QED) is 0.404. The van der Waals surface area contributed by atoms with E-state index in [1.165, 1.54) is 0 Å². The maximum Gasteiger partial charge on any atom is 0.0273 e. The molecule has 1 saturated carbocycles. The molecule has 2 aliphatic carbocycles. The van der Waals surface area contributed by atoms with Crippen molar-refractivity contribution in [2.45, 2.75) is 19.2 Å². The van der Waals surface area contributed by atoms with E-state index in [0.29, 0.717) is 11.8 Å². The largest absolute Gasteiger partial charge is 0.0851 e. The summed E-state index contributed by atoms with van der Waals surface area (Å²) in [6.45, 7) is 0. The average Bonchev–Trinajstić information content (AvgIpc) is 2.37. The average molecular weight is 96.2 g/mol. The van der Waals surface area contributed by atoms with Crippen LogP contribution in [0.1, 0.15) is 22.0 Å². The van der Waals surface area contributed by atoms with Gasteiger partial charge in [-0.15, -0.1) is 0 Å². The van der Waals surface area contributed by atoms with Gasteiger partial charge >= 0.3 is 0 Å². The van der Waals surface area contributed by atoms with Crippen LogP contribution in [0.4, 0.5) is 0 Å². The third kappa shape index (κ3) is 0.425. The highest BCUT2D eigenvalue weighted by Gasteiger charge is 2.25. The molecular weight excluding hydrogens is 84.1 g/mol. The Hall–Kier alpha value is -0.260. The molecule has 0 aromatic carbocycles. The fourth-order valence-corrected chi connectivity index (χ4v) is 1.33. The van der Waals surface area contributed by atoms with Gasteiger partial charge in [0.05, 0.1) is 0 Å². The Morgan fingerprint density at radius 3 is 2.14 bits per heavy atom. The van der Waals surface area contributed by atoms with Crippen LogP contribution in [-0.4, -0.2) is 0 Å². The third-order valence-electron chi connectivity index (χ3n) is 1.76. The van der Waals surface area contributed by atoms with E-state index in [4.69, 9.17) is 2.74 Å². The van der Waals surface area contributed by atoms with Gasteiger partial charge in [-0.1, -0.05) is 12.2 Å². The number of hydrogen-bond acceptors (Lipinski definition) is 0. The smallest absolute Gasteiger partial charge is 0.0273 e. The van der Waals surface area contributed by atoms with Gasteiger partial charge in [0.25, 0.3) is 0 Å². The van der Waals surface area contributed by atoms with Gasteiger partial charge in [-0.3, -0.25) is 0 Å². The van der Waals surface area contributed by atoms with Crippen molar-refractivity contribution in [1.29, 1.82) is 0 Å². The van der Waals surface area contributed by atoms with E-state index in [-0.39, 0.29) is 12.8 Å². The Morgan fingerprint density at radius 1 is 1.29 bits per heavy atom. The van der Waals surface area contributed by atoms with Gasteiger partial charge in [-0.25, -0.2) is 0 Å². The topological polar surface area (TPSA) is 0 Å². The Bertz CT molecular complexity index is 137. The maximum atomic E-state index is 7.49. The molecule has 0 saturated heterocycles. The van der Waals surface area contributed by atoms with Crippen LogP contribution in [0.25, 0.3) is 0 Å². The van der Waals surface area contributed by atoms with Crippen molar-refractivity contribution >= 4 is 0 Å². The standard InChI is InChI=1S/C7H10/c1-2-7-4-3-6(1)5-7/h1-2,6-7H,3-5H2/i3D,4D/t3-,4+,6?,7?. The normalized spacial score (nSPS) is 70.9. The summed E-state index contributed by atoms with van der Waals surface area (Å²) in [6.07, 6.45) is 5.03. The second-order valence-electron chi connectivity index (χ2n) is 2.33. The zero-order valence-electron chi connectivity index (χ0n) is 6.17. The van der Waals surface area contributed by atoms with E-state index in [2.05, 4.69) is 12.2 Å². The number of allylic oxidation sites excluding steroid dienone is 2. The molecule has 1 fully saturated rings. The first-order valence-electron chi connectivity index (χ1n) is 3.97. The highest BCUT2D eigenvalue weighted by Crippen LogP contribution is 2.38. The summed E-state index contributed by atoms with van der Waals surface area (Å²) in [5, 5.41) is 0. The Morgan fingerprint density at radius 2 is 1.86 bits per heavy atom. The summed E-state index contributed by atoms with van der Waals surface area (Å²) in [7, 11) is 0. The predicted molar refractivity (Wildman–Crippen MR) is 30.0 cm³/mol. The fraction of sp³-hybridized carbons (Fsp3) is 0.714. The second kappa shape index (κ2) is 1.12. The lowest BCUT2D eigenvalue weighted by Gasteiger charge is -1.96. The van der Waals surface area contributed by atoms with Crippen molar-refractivity contribution in [2.24, 2.45) is 11.8 Å². The Labute approximate surface area is 47.0 Å². The van der Waals surface area contributed by atoms with Gasteiger partial charge in [0, 0.05) is 2.74 Å². The van der Waals surface area contributed by atoms with Crippen LogP contribution in [-0.2, 0) is 0 Å². The lowest BCUT2D eigenvalue weighted by molar-refractivity contribution is 0.691. The summed E-state index contributed by atoms with van der Waals surface area (Å²) in [4.78, 5) is 0. The van der Waals surface area contributed by atoms with Crippen LogP contribution < -0.4 is 0 Å². The monoisotopic (exact) mass is 96.1 g/mol. The van der Waals surface area contributed by atoms with Crippen molar-refractivity contribution in [3.8, 4) is 0 Å².